The van der Waals surface area contributed by atoms with Gasteiger partial charge in [0.2, 0.25) is 0 Å². The maximum absolute atomic E-state index is 9.37. The molecule has 1 N–H and O–H groups in total. The first-order valence-corrected chi connectivity index (χ1v) is 5.90. The van der Waals surface area contributed by atoms with Crippen LogP contribution in [0.5, 0.6) is 5.75 Å². The average Bonchev–Trinajstić information content (AvgIpc) is 2.25. The third-order valence-electron chi connectivity index (χ3n) is 2.62. The SMILES string of the molecule is COc1ccc(C(CO)CC(C)C)cc1Cl. The van der Waals surface area contributed by atoms with Crippen molar-refractivity contribution in [2.24, 2.45) is 5.92 Å². The molecule has 0 aliphatic rings. The lowest BCUT2D eigenvalue weighted by atomic mass is 9.91. The van der Waals surface area contributed by atoms with Crippen molar-refractivity contribution in [3.8, 4) is 5.75 Å². The topological polar surface area (TPSA) is 29.5 Å². The molecule has 0 fully saturated rings. The summed E-state index contributed by atoms with van der Waals surface area (Å²) in [7, 11) is 1.60. The summed E-state index contributed by atoms with van der Waals surface area (Å²) < 4.78 is 5.10. The molecule has 90 valence electrons. The minimum Gasteiger partial charge on any atom is -0.495 e. The number of halogens is 1. The molecule has 0 saturated heterocycles. The van der Waals surface area contributed by atoms with Gasteiger partial charge in [-0.2, -0.15) is 0 Å². The zero-order valence-electron chi connectivity index (χ0n) is 10.0. The van der Waals surface area contributed by atoms with Gasteiger partial charge >= 0.3 is 0 Å². The molecule has 1 aromatic rings. The van der Waals surface area contributed by atoms with Crippen LogP contribution in [0.4, 0.5) is 0 Å². The highest BCUT2D eigenvalue weighted by Gasteiger charge is 2.14. The molecule has 1 rings (SSSR count). The monoisotopic (exact) mass is 242 g/mol. The lowest BCUT2D eigenvalue weighted by Crippen LogP contribution is -2.07. The van der Waals surface area contributed by atoms with Gasteiger partial charge < -0.3 is 9.84 Å². The molecule has 0 aliphatic heterocycles. The van der Waals surface area contributed by atoms with Crippen molar-refractivity contribution in [3.63, 3.8) is 0 Å². The van der Waals surface area contributed by atoms with Gasteiger partial charge in [-0.05, 0) is 30.0 Å². The van der Waals surface area contributed by atoms with E-state index >= 15 is 0 Å². The number of hydrogen-bond acceptors (Lipinski definition) is 2. The smallest absolute Gasteiger partial charge is 0.137 e. The molecule has 0 heterocycles. The molecular formula is C13H19ClO2. The average molecular weight is 243 g/mol. The maximum atomic E-state index is 9.37. The minimum absolute atomic E-state index is 0.154. The molecule has 16 heavy (non-hydrogen) atoms. The Morgan fingerprint density at radius 3 is 2.50 bits per heavy atom. The van der Waals surface area contributed by atoms with E-state index in [4.69, 9.17) is 16.3 Å². The highest BCUT2D eigenvalue weighted by Crippen LogP contribution is 2.30. The Labute approximate surface area is 102 Å². The Balaban J connectivity index is 2.89. The second kappa shape index (κ2) is 6.12. The first-order chi connectivity index (χ1) is 7.58. The van der Waals surface area contributed by atoms with Crippen LogP contribution in [0.15, 0.2) is 18.2 Å². The van der Waals surface area contributed by atoms with E-state index in [0.717, 1.165) is 12.0 Å². The van der Waals surface area contributed by atoms with E-state index in [9.17, 15) is 5.11 Å². The van der Waals surface area contributed by atoms with E-state index in [1.54, 1.807) is 7.11 Å². The van der Waals surface area contributed by atoms with Crippen LogP contribution in [0.2, 0.25) is 5.02 Å². The number of hydrogen-bond donors (Lipinski definition) is 1. The van der Waals surface area contributed by atoms with Gasteiger partial charge in [0, 0.05) is 12.5 Å². The molecule has 1 aromatic carbocycles. The molecule has 0 bridgehead atoms. The Hall–Kier alpha value is -0.730. The summed E-state index contributed by atoms with van der Waals surface area (Å²) in [6.45, 7) is 4.45. The van der Waals surface area contributed by atoms with Crippen LogP contribution in [0.25, 0.3) is 0 Å². The number of methoxy groups -OCH3 is 1. The van der Waals surface area contributed by atoms with Gasteiger partial charge in [-0.25, -0.2) is 0 Å². The number of rotatable bonds is 5. The van der Waals surface area contributed by atoms with Gasteiger partial charge in [0.25, 0.3) is 0 Å². The van der Waals surface area contributed by atoms with E-state index in [-0.39, 0.29) is 12.5 Å². The number of ether oxygens (including phenoxy) is 1. The van der Waals surface area contributed by atoms with Crippen LogP contribution in [0.3, 0.4) is 0 Å². The predicted octanol–water partition coefficient (Wildman–Crippen LogP) is 3.47. The van der Waals surface area contributed by atoms with Crippen molar-refractivity contribution in [1.82, 2.24) is 0 Å². The highest BCUT2D eigenvalue weighted by molar-refractivity contribution is 6.32. The fourth-order valence-electron chi connectivity index (χ4n) is 1.82. The zero-order valence-corrected chi connectivity index (χ0v) is 10.8. The van der Waals surface area contributed by atoms with Gasteiger partial charge in [0.05, 0.1) is 12.1 Å². The third kappa shape index (κ3) is 3.39. The van der Waals surface area contributed by atoms with E-state index in [0.29, 0.717) is 16.7 Å². The summed E-state index contributed by atoms with van der Waals surface area (Å²) in [5.41, 5.74) is 1.07. The van der Waals surface area contributed by atoms with E-state index in [1.807, 2.05) is 18.2 Å². The molecule has 0 spiro atoms. The molecule has 0 aliphatic carbocycles. The van der Waals surface area contributed by atoms with Gasteiger partial charge in [0.1, 0.15) is 5.75 Å². The largest absolute Gasteiger partial charge is 0.495 e. The first kappa shape index (κ1) is 13.3. The molecule has 0 amide bonds. The molecule has 1 atom stereocenters. The molecule has 2 nitrogen and oxygen atoms in total. The summed E-state index contributed by atoms with van der Waals surface area (Å²) in [6.07, 6.45) is 0.957. The lowest BCUT2D eigenvalue weighted by molar-refractivity contribution is 0.249. The summed E-state index contributed by atoms with van der Waals surface area (Å²) in [4.78, 5) is 0. The Kier molecular flexibility index (Phi) is 5.10. The summed E-state index contributed by atoms with van der Waals surface area (Å²) in [5, 5.41) is 9.97. The van der Waals surface area contributed by atoms with Gasteiger partial charge in [-0.15, -0.1) is 0 Å². The molecule has 1 unspecified atom stereocenters. The van der Waals surface area contributed by atoms with E-state index < -0.39 is 0 Å². The highest BCUT2D eigenvalue weighted by atomic mass is 35.5. The normalized spacial score (nSPS) is 12.9. The zero-order chi connectivity index (χ0) is 12.1. The molecule has 0 saturated carbocycles. The predicted molar refractivity (Wildman–Crippen MR) is 67.3 cm³/mol. The van der Waals surface area contributed by atoms with Crippen molar-refractivity contribution in [2.75, 3.05) is 13.7 Å². The van der Waals surface area contributed by atoms with Crippen molar-refractivity contribution in [2.45, 2.75) is 26.2 Å². The first-order valence-electron chi connectivity index (χ1n) is 5.52. The van der Waals surface area contributed by atoms with E-state index in [1.165, 1.54) is 0 Å². The summed E-state index contributed by atoms with van der Waals surface area (Å²) in [6, 6.07) is 5.69. The van der Waals surface area contributed by atoms with Gasteiger partial charge in [-0.1, -0.05) is 31.5 Å². The van der Waals surface area contributed by atoms with Crippen LogP contribution in [-0.2, 0) is 0 Å². The number of aliphatic hydroxyl groups excluding tert-OH is 1. The van der Waals surface area contributed by atoms with Crippen LogP contribution in [0.1, 0.15) is 31.7 Å². The standard InChI is InChI=1S/C13H19ClO2/c1-9(2)6-11(8-15)10-4-5-13(16-3)12(14)7-10/h4-5,7,9,11,15H,6,8H2,1-3H3. The van der Waals surface area contributed by atoms with Gasteiger partial charge in [-0.3, -0.25) is 0 Å². The van der Waals surface area contributed by atoms with Crippen LogP contribution in [0, 0.1) is 5.92 Å². The maximum Gasteiger partial charge on any atom is 0.137 e. The summed E-state index contributed by atoms with van der Waals surface area (Å²) >= 11 is 6.06. The van der Waals surface area contributed by atoms with Crippen molar-refractivity contribution < 1.29 is 9.84 Å². The second-order valence-corrected chi connectivity index (χ2v) is 4.81. The quantitative estimate of drug-likeness (QED) is 0.857. The van der Waals surface area contributed by atoms with Crippen LogP contribution >= 0.6 is 11.6 Å². The fraction of sp³-hybridized carbons (Fsp3) is 0.538. The van der Waals surface area contributed by atoms with Crippen molar-refractivity contribution in [1.29, 1.82) is 0 Å². The Bertz CT molecular complexity index is 337. The second-order valence-electron chi connectivity index (χ2n) is 4.40. The third-order valence-corrected chi connectivity index (χ3v) is 2.92. The fourth-order valence-corrected chi connectivity index (χ4v) is 2.09. The molecule has 0 aromatic heterocycles. The van der Waals surface area contributed by atoms with Crippen molar-refractivity contribution in [3.05, 3.63) is 28.8 Å². The van der Waals surface area contributed by atoms with E-state index in [2.05, 4.69) is 13.8 Å². The van der Waals surface area contributed by atoms with Crippen LogP contribution in [-0.4, -0.2) is 18.8 Å². The molecular weight excluding hydrogens is 224 g/mol. The Morgan fingerprint density at radius 1 is 1.38 bits per heavy atom. The Morgan fingerprint density at radius 2 is 2.06 bits per heavy atom. The number of benzene rings is 1. The van der Waals surface area contributed by atoms with Crippen molar-refractivity contribution >= 4 is 11.6 Å². The van der Waals surface area contributed by atoms with Crippen LogP contribution < -0.4 is 4.74 Å². The summed E-state index contributed by atoms with van der Waals surface area (Å²) in [5.74, 6) is 1.38. The lowest BCUT2D eigenvalue weighted by Gasteiger charge is -2.17. The number of aliphatic hydroxyl groups is 1. The molecule has 0 radical (unpaired) electrons. The molecule has 3 heteroatoms. The minimum atomic E-state index is 0.154. The van der Waals surface area contributed by atoms with Gasteiger partial charge in [0.15, 0.2) is 0 Å².